The average molecular weight is 461 g/mol. The second kappa shape index (κ2) is 9.88. The van der Waals surface area contributed by atoms with Gasteiger partial charge in [0.05, 0.1) is 10.8 Å². The number of amides is 1. The van der Waals surface area contributed by atoms with Gasteiger partial charge in [0, 0.05) is 31.2 Å². The van der Waals surface area contributed by atoms with Crippen molar-refractivity contribution in [3.63, 3.8) is 0 Å². The molecule has 0 radical (unpaired) electrons. The molecule has 7 nitrogen and oxygen atoms in total. The predicted molar refractivity (Wildman–Crippen MR) is 112 cm³/mol. The van der Waals surface area contributed by atoms with E-state index in [-0.39, 0.29) is 11.4 Å². The van der Waals surface area contributed by atoms with Crippen molar-refractivity contribution in [2.75, 3.05) is 20.0 Å². The number of rotatable bonds is 10. The molecule has 1 amide bonds. The zero-order valence-electron chi connectivity index (χ0n) is 15.9. The Kier molecular flexibility index (Phi) is 8.04. The van der Waals surface area contributed by atoms with Crippen LogP contribution < -0.4 is 10.5 Å². The van der Waals surface area contributed by atoms with Crippen LogP contribution in [-0.2, 0) is 30.1 Å². The molecule has 29 heavy (non-hydrogen) atoms. The number of nitrogens with two attached hydrogens (primary N) is 1. The lowest BCUT2D eigenvalue weighted by Crippen LogP contribution is -2.41. The third-order valence-electron chi connectivity index (χ3n) is 4.42. The van der Waals surface area contributed by atoms with E-state index in [0.29, 0.717) is 16.1 Å². The molecule has 0 aliphatic heterocycles. The van der Waals surface area contributed by atoms with Crippen LogP contribution in [0.15, 0.2) is 48.5 Å². The minimum absolute atomic E-state index is 0.100. The number of nitrogens with one attached hydrogen (secondary N) is 1. The van der Waals surface area contributed by atoms with E-state index in [1.807, 2.05) is 0 Å². The quantitative estimate of drug-likeness (QED) is 0.529. The Morgan fingerprint density at radius 3 is 2.28 bits per heavy atom. The van der Waals surface area contributed by atoms with Crippen molar-refractivity contribution in [3.8, 4) is 0 Å². The van der Waals surface area contributed by atoms with Crippen LogP contribution >= 0.6 is 23.2 Å². The van der Waals surface area contributed by atoms with E-state index in [4.69, 9.17) is 38.4 Å². The number of carbonyl (C=O) groups excluding carboxylic acids is 1. The van der Waals surface area contributed by atoms with Crippen LogP contribution in [0.1, 0.15) is 23.6 Å². The predicted octanol–water partition coefficient (Wildman–Crippen LogP) is 2.98. The summed E-state index contributed by atoms with van der Waals surface area (Å²) in [6.45, 7) is 0. The van der Waals surface area contributed by atoms with Gasteiger partial charge < -0.3 is 15.2 Å². The summed E-state index contributed by atoms with van der Waals surface area (Å²) in [6, 6.07) is 11.9. The summed E-state index contributed by atoms with van der Waals surface area (Å²) >= 11 is 12.2. The molecule has 0 heterocycles. The number of carbonyl (C=O) groups is 1. The smallest absolute Gasteiger partial charge is 0.240 e. The summed E-state index contributed by atoms with van der Waals surface area (Å²) in [6.07, 6.45) is -0.100. The lowest BCUT2D eigenvalue weighted by atomic mass is 10.0. The molecule has 158 valence electrons. The first-order chi connectivity index (χ1) is 13.6. The molecule has 2 aromatic rings. The summed E-state index contributed by atoms with van der Waals surface area (Å²) < 4.78 is 38.7. The minimum Gasteiger partial charge on any atom is -0.368 e. The molecule has 0 aromatic heterocycles. The van der Waals surface area contributed by atoms with E-state index in [1.54, 1.807) is 42.5 Å². The maximum atomic E-state index is 12.7. The number of methoxy groups -OCH3 is 2. The summed E-state index contributed by atoms with van der Waals surface area (Å²) in [7, 11) is -1.18. The van der Waals surface area contributed by atoms with Gasteiger partial charge in [-0.2, -0.15) is 4.72 Å². The molecule has 1 atom stereocenters. The highest BCUT2D eigenvalue weighted by molar-refractivity contribution is 7.89. The molecule has 0 aliphatic carbocycles. The molecule has 0 saturated carbocycles. The fraction of sp³-hybridized carbons (Fsp3) is 0.316. The maximum absolute atomic E-state index is 12.7. The first-order valence-electron chi connectivity index (χ1n) is 8.54. The van der Waals surface area contributed by atoms with Gasteiger partial charge in [0.1, 0.15) is 6.04 Å². The van der Waals surface area contributed by atoms with Crippen LogP contribution in [0.3, 0.4) is 0 Å². The Balaban J connectivity index is 2.24. The Morgan fingerprint density at radius 1 is 1.14 bits per heavy atom. The van der Waals surface area contributed by atoms with Crippen LogP contribution in [-0.4, -0.2) is 34.3 Å². The van der Waals surface area contributed by atoms with Gasteiger partial charge in [-0.15, -0.1) is 0 Å². The van der Waals surface area contributed by atoms with E-state index in [0.717, 1.165) is 0 Å². The fourth-order valence-corrected chi connectivity index (χ4v) is 4.70. The second-order valence-electron chi connectivity index (χ2n) is 6.22. The molecule has 3 N–H and O–H groups in total. The Hall–Kier alpha value is -1.68. The van der Waals surface area contributed by atoms with Gasteiger partial charge in [-0.3, -0.25) is 4.79 Å². The molecule has 2 aromatic carbocycles. The molecule has 10 heteroatoms. The lowest BCUT2D eigenvalue weighted by molar-refractivity contribution is -0.216. The normalized spacial score (nSPS) is 13.2. The summed E-state index contributed by atoms with van der Waals surface area (Å²) in [5, 5.41) is 0.687. The van der Waals surface area contributed by atoms with E-state index in [1.165, 1.54) is 20.3 Å². The van der Waals surface area contributed by atoms with Gasteiger partial charge in [0.25, 0.3) is 0 Å². The minimum atomic E-state index is -3.94. The Bertz CT molecular complexity index is 950. The first-order valence-corrected chi connectivity index (χ1v) is 10.9. The lowest BCUT2D eigenvalue weighted by Gasteiger charge is -2.32. The summed E-state index contributed by atoms with van der Waals surface area (Å²) in [5.74, 6) is -2.65. The van der Waals surface area contributed by atoms with Crippen molar-refractivity contribution in [1.29, 1.82) is 0 Å². The third-order valence-corrected chi connectivity index (χ3v) is 6.30. The number of benzene rings is 2. The highest BCUT2D eigenvalue weighted by Gasteiger charge is 2.36. The van der Waals surface area contributed by atoms with Crippen molar-refractivity contribution >= 4 is 39.1 Å². The highest BCUT2D eigenvalue weighted by Crippen LogP contribution is 2.36. The van der Waals surface area contributed by atoms with E-state index < -0.39 is 33.5 Å². The van der Waals surface area contributed by atoms with Crippen LogP contribution in [0.25, 0.3) is 0 Å². The van der Waals surface area contributed by atoms with Gasteiger partial charge in [0.15, 0.2) is 5.79 Å². The Labute approximate surface area is 180 Å². The van der Waals surface area contributed by atoms with Crippen molar-refractivity contribution < 1.29 is 22.7 Å². The molecule has 0 aliphatic rings. The number of primary amides is 1. The Morgan fingerprint density at radius 2 is 1.76 bits per heavy atom. The van der Waals surface area contributed by atoms with E-state index in [9.17, 15) is 13.2 Å². The first kappa shape index (κ1) is 23.6. The van der Waals surface area contributed by atoms with Crippen LogP contribution in [0.4, 0.5) is 0 Å². The van der Waals surface area contributed by atoms with Crippen molar-refractivity contribution in [2.45, 2.75) is 18.2 Å². The van der Waals surface area contributed by atoms with Gasteiger partial charge in [-0.25, -0.2) is 8.42 Å². The number of sulfonamides is 1. The number of halogens is 2. The summed E-state index contributed by atoms with van der Waals surface area (Å²) in [4.78, 5) is 11.8. The van der Waals surface area contributed by atoms with E-state index >= 15 is 0 Å². The monoisotopic (exact) mass is 460 g/mol. The van der Waals surface area contributed by atoms with Crippen LogP contribution in [0, 0.1) is 0 Å². The zero-order chi connectivity index (χ0) is 21.7. The molecule has 2 rings (SSSR count). The maximum Gasteiger partial charge on any atom is 0.240 e. The fourth-order valence-electron chi connectivity index (χ4n) is 2.88. The number of hydrogen-bond acceptors (Lipinski definition) is 5. The SMILES string of the molecule is COC(CCS(=O)(=O)NC(C(N)=O)c1ccccc1)(OC)c1ccc(Cl)cc1Cl. The van der Waals surface area contributed by atoms with Crippen LogP contribution in [0.2, 0.25) is 10.0 Å². The van der Waals surface area contributed by atoms with E-state index in [2.05, 4.69) is 4.72 Å². The molecule has 0 saturated heterocycles. The van der Waals surface area contributed by atoms with Crippen molar-refractivity contribution in [1.82, 2.24) is 4.72 Å². The molecule has 0 spiro atoms. The molecule has 0 bridgehead atoms. The second-order valence-corrected chi connectivity index (χ2v) is 8.94. The van der Waals surface area contributed by atoms with Gasteiger partial charge >= 0.3 is 0 Å². The van der Waals surface area contributed by atoms with Crippen molar-refractivity contribution in [2.24, 2.45) is 5.73 Å². The van der Waals surface area contributed by atoms with Gasteiger partial charge in [-0.05, 0) is 17.7 Å². The molecular weight excluding hydrogens is 439 g/mol. The average Bonchev–Trinajstić information content (AvgIpc) is 2.69. The van der Waals surface area contributed by atoms with Gasteiger partial charge in [0.2, 0.25) is 15.9 Å². The van der Waals surface area contributed by atoms with Crippen molar-refractivity contribution in [3.05, 3.63) is 69.7 Å². The molecule has 0 fully saturated rings. The largest absolute Gasteiger partial charge is 0.368 e. The third kappa shape index (κ3) is 5.91. The van der Waals surface area contributed by atoms with Gasteiger partial charge in [-0.1, -0.05) is 59.6 Å². The topological polar surface area (TPSA) is 108 Å². The standard InChI is InChI=1S/C19H22Cl2N2O5S/c1-27-19(28-2,15-9-8-14(20)12-16(15)21)10-11-29(25,26)23-17(18(22)24)13-6-4-3-5-7-13/h3-9,12,17,23H,10-11H2,1-2H3,(H2,22,24). The molecular formula is C19H22Cl2N2O5S. The number of hydrogen-bond donors (Lipinski definition) is 2. The zero-order valence-corrected chi connectivity index (χ0v) is 18.2. The highest BCUT2D eigenvalue weighted by atomic mass is 35.5. The molecule has 1 unspecified atom stereocenters. The van der Waals surface area contributed by atoms with Crippen LogP contribution in [0.5, 0.6) is 0 Å². The summed E-state index contributed by atoms with van der Waals surface area (Å²) in [5.41, 5.74) is 6.26. The number of ether oxygens (including phenoxy) is 2.